The summed E-state index contributed by atoms with van der Waals surface area (Å²) in [7, 11) is -3.72. The topological polar surface area (TPSA) is 62.3 Å². The maximum Gasteiger partial charge on any atom is 0.206 e. The molecular formula is C19H18Cl3N3O2S. The number of nitrogens with zero attached hydrogens (tertiary/aromatic N) is 2. The van der Waals surface area contributed by atoms with Gasteiger partial charge in [-0.05, 0) is 42.5 Å². The summed E-state index contributed by atoms with van der Waals surface area (Å²) in [5.41, 5.74) is 1.76. The normalized spacial score (nSPS) is 14.7. The van der Waals surface area contributed by atoms with Gasteiger partial charge >= 0.3 is 0 Å². The predicted octanol–water partition coefficient (Wildman–Crippen LogP) is 4.21. The fraction of sp³-hybridized carbons (Fsp3) is 0.211. The lowest BCUT2D eigenvalue weighted by Crippen LogP contribution is -2.43. The second kappa shape index (κ2) is 8.43. The monoisotopic (exact) mass is 457 g/mol. The molecule has 1 saturated heterocycles. The summed E-state index contributed by atoms with van der Waals surface area (Å²) in [5, 5.41) is 4.67. The molecule has 2 heterocycles. The molecule has 1 aliphatic rings. The Balaban J connectivity index is 0.00000225. The lowest BCUT2D eigenvalue weighted by atomic mass is 10.1. The van der Waals surface area contributed by atoms with Crippen LogP contribution < -0.4 is 10.2 Å². The van der Waals surface area contributed by atoms with Gasteiger partial charge in [-0.2, -0.15) is 0 Å². The summed E-state index contributed by atoms with van der Waals surface area (Å²) in [6, 6.07) is 11.3. The minimum Gasteiger partial charge on any atom is -0.368 e. The summed E-state index contributed by atoms with van der Waals surface area (Å²) in [6.07, 6.45) is 1.76. The zero-order chi connectivity index (χ0) is 19.0. The molecule has 2 aromatic carbocycles. The molecule has 0 unspecified atom stereocenters. The number of anilines is 1. The van der Waals surface area contributed by atoms with Gasteiger partial charge in [0.2, 0.25) is 9.84 Å². The molecular weight excluding hydrogens is 441 g/mol. The van der Waals surface area contributed by atoms with Crippen molar-refractivity contribution in [1.29, 1.82) is 0 Å². The van der Waals surface area contributed by atoms with Crippen molar-refractivity contribution in [3.63, 3.8) is 0 Å². The molecule has 0 radical (unpaired) electrons. The van der Waals surface area contributed by atoms with Crippen LogP contribution in [0.15, 0.2) is 58.5 Å². The highest BCUT2D eigenvalue weighted by atomic mass is 35.5. The van der Waals surface area contributed by atoms with Crippen molar-refractivity contribution in [2.45, 2.75) is 9.79 Å². The summed E-state index contributed by atoms with van der Waals surface area (Å²) in [6.45, 7) is 3.52. The van der Waals surface area contributed by atoms with Crippen molar-refractivity contribution in [2.24, 2.45) is 0 Å². The molecule has 1 aliphatic heterocycles. The number of halogens is 3. The van der Waals surface area contributed by atoms with Crippen molar-refractivity contribution in [2.75, 3.05) is 31.1 Å². The van der Waals surface area contributed by atoms with Gasteiger partial charge in [-0.25, -0.2) is 8.42 Å². The summed E-state index contributed by atoms with van der Waals surface area (Å²) in [4.78, 5) is 6.95. The third-order valence-corrected chi connectivity index (χ3v) is 7.15. The number of benzene rings is 2. The largest absolute Gasteiger partial charge is 0.368 e. The third kappa shape index (κ3) is 3.93. The summed E-state index contributed by atoms with van der Waals surface area (Å²) < 4.78 is 26.2. The molecule has 0 spiro atoms. The van der Waals surface area contributed by atoms with Crippen LogP contribution in [0.1, 0.15) is 0 Å². The molecule has 9 heteroatoms. The highest BCUT2D eigenvalue weighted by molar-refractivity contribution is 7.91. The SMILES string of the molecule is Cl.O=S(=O)(c1ccc(Cl)c(Cl)c1)c1ccc2nccc(N3CCNCC3)c2c1. The quantitative estimate of drug-likeness (QED) is 0.637. The molecule has 5 nitrogen and oxygen atoms in total. The molecule has 4 rings (SSSR count). The van der Waals surface area contributed by atoms with E-state index in [2.05, 4.69) is 15.2 Å². The Morgan fingerprint density at radius 1 is 0.929 bits per heavy atom. The van der Waals surface area contributed by atoms with E-state index in [-0.39, 0.29) is 27.2 Å². The average Bonchev–Trinajstić information content (AvgIpc) is 2.69. The van der Waals surface area contributed by atoms with Crippen LogP contribution >= 0.6 is 35.6 Å². The Morgan fingerprint density at radius 3 is 2.32 bits per heavy atom. The molecule has 1 fully saturated rings. The van der Waals surface area contributed by atoms with Crippen LogP contribution in [0.2, 0.25) is 10.0 Å². The zero-order valence-corrected chi connectivity index (χ0v) is 17.9. The van der Waals surface area contributed by atoms with Gasteiger partial charge < -0.3 is 10.2 Å². The van der Waals surface area contributed by atoms with E-state index in [0.717, 1.165) is 42.8 Å². The first-order chi connectivity index (χ1) is 13.0. The number of sulfone groups is 1. The first kappa shape index (κ1) is 21.1. The third-order valence-electron chi connectivity index (χ3n) is 4.66. The van der Waals surface area contributed by atoms with Gasteiger partial charge in [0, 0.05) is 43.4 Å². The number of nitrogens with one attached hydrogen (secondary N) is 1. The molecule has 0 atom stereocenters. The fourth-order valence-corrected chi connectivity index (χ4v) is 4.91. The zero-order valence-electron chi connectivity index (χ0n) is 14.7. The Kier molecular flexibility index (Phi) is 6.37. The van der Waals surface area contributed by atoms with E-state index >= 15 is 0 Å². The Morgan fingerprint density at radius 2 is 1.61 bits per heavy atom. The van der Waals surface area contributed by atoms with Gasteiger partial charge in [0.05, 0.1) is 25.4 Å². The molecule has 148 valence electrons. The number of aromatic nitrogens is 1. The van der Waals surface area contributed by atoms with Crippen LogP contribution in [0.5, 0.6) is 0 Å². The van der Waals surface area contributed by atoms with Crippen LogP contribution in [0, 0.1) is 0 Å². The maximum atomic E-state index is 13.1. The van der Waals surface area contributed by atoms with Crippen molar-refractivity contribution in [3.05, 3.63) is 58.7 Å². The van der Waals surface area contributed by atoms with Gasteiger partial charge in [0.25, 0.3) is 0 Å². The molecule has 3 aromatic rings. The van der Waals surface area contributed by atoms with Crippen molar-refractivity contribution >= 4 is 62.0 Å². The van der Waals surface area contributed by atoms with Crippen molar-refractivity contribution in [3.8, 4) is 0 Å². The number of rotatable bonds is 3. The Labute approximate surface area is 180 Å². The van der Waals surface area contributed by atoms with E-state index in [1.165, 1.54) is 18.2 Å². The minimum atomic E-state index is -3.72. The van der Waals surface area contributed by atoms with Gasteiger partial charge in [-0.3, -0.25) is 4.98 Å². The van der Waals surface area contributed by atoms with E-state index in [4.69, 9.17) is 23.2 Å². The molecule has 1 N–H and O–H groups in total. The van der Waals surface area contributed by atoms with Crippen molar-refractivity contribution < 1.29 is 8.42 Å². The summed E-state index contributed by atoms with van der Waals surface area (Å²) >= 11 is 11.9. The second-order valence-corrected chi connectivity index (χ2v) is 9.09. The predicted molar refractivity (Wildman–Crippen MR) is 116 cm³/mol. The number of fused-ring (bicyclic) bond motifs is 1. The molecule has 1 aromatic heterocycles. The van der Waals surface area contributed by atoms with E-state index in [9.17, 15) is 8.42 Å². The van der Waals surface area contributed by atoms with Crippen LogP contribution in [0.25, 0.3) is 10.9 Å². The van der Waals surface area contributed by atoms with Gasteiger partial charge in [-0.1, -0.05) is 23.2 Å². The van der Waals surface area contributed by atoms with E-state index < -0.39 is 9.84 Å². The van der Waals surface area contributed by atoms with E-state index in [0.29, 0.717) is 5.02 Å². The summed E-state index contributed by atoms with van der Waals surface area (Å²) in [5.74, 6) is 0. The molecule has 28 heavy (non-hydrogen) atoms. The number of pyridine rings is 1. The highest BCUT2D eigenvalue weighted by Gasteiger charge is 2.21. The van der Waals surface area contributed by atoms with Crippen LogP contribution in [-0.2, 0) is 9.84 Å². The minimum absolute atomic E-state index is 0. The van der Waals surface area contributed by atoms with Crippen LogP contribution in [0.4, 0.5) is 5.69 Å². The van der Waals surface area contributed by atoms with E-state index in [1.54, 1.807) is 24.4 Å². The number of hydrogen-bond acceptors (Lipinski definition) is 5. The first-order valence-electron chi connectivity index (χ1n) is 8.51. The smallest absolute Gasteiger partial charge is 0.206 e. The van der Waals surface area contributed by atoms with Gasteiger partial charge in [0.1, 0.15) is 0 Å². The number of piperazine rings is 1. The van der Waals surface area contributed by atoms with E-state index in [1.807, 2.05) is 6.07 Å². The van der Waals surface area contributed by atoms with Gasteiger partial charge in [-0.15, -0.1) is 12.4 Å². The Hall–Kier alpha value is -1.57. The first-order valence-corrected chi connectivity index (χ1v) is 10.8. The maximum absolute atomic E-state index is 13.1. The Bertz CT molecular complexity index is 1120. The van der Waals surface area contributed by atoms with Crippen LogP contribution in [-0.4, -0.2) is 39.6 Å². The second-order valence-electron chi connectivity index (χ2n) is 6.33. The number of hydrogen-bond donors (Lipinski definition) is 1. The molecule has 0 saturated carbocycles. The molecule has 0 bridgehead atoms. The van der Waals surface area contributed by atoms with Gasteiger partial charge in [0.15, 0.2) is 0 Å². The van der Waals surface area contributed by atoms with Crippen molar-refractivity contribution in [1.82, 2.24) is 10.3 Å². The lowest BCUT2D eigenvalue weighted by Gasteiger charge is -2.30. The average molecular weight is 459 g/mol. The standard InChI is InChI=1S/C19H17Cl2N3O2S.ClH/c20-16-3-1-14(12-17(16)21)27(25,26)13-2-4-18-15(11-13)19(5-6-23-18)24-9-7-22-8-10-24;/h1-6,11-12,22H,7-10H2;1H. The lowest BCUT2D eigenvalue weighted by molar-refractivity contribution is 0.590. The van der Waals surface area contributed by atoms with Crippen LogP contribution in [0.3, 0.4) is 0 Å². The molecule has 0 amide bonds. The fourth-order valence-electron chi connectivity index (χ4n) is 3.24. The highest BCUT2D eigenvalue weighted by Crippen LogP contribution is 2.32. The molecule has 0 aliphatic carbocycles.